The average Bonchev–Trinajstić information content (AvgIpc) is 2.37. The first-order valence-electron chi connectivity index (χ1n) is 9.77. The summed E-state index contributed by atoms with van der Waals surface area (Å²) in [5.41, 5.74) is 1.08. The van der Waals surface area contributed by atoms with Crippen molar-refractivity contribution in [2.45, 2.75) is 98.8 Å². The minimum atomic E-state index is -3.26. The van der Waals surface area contributed by atoms with Gasteiger partial charge in [-0.25, -0.2) is 4.79 Å². The van der Waals surface area contributed by atoms with Crippen molar-refractivity contribution < 1.29 is 21.9 Å². The zero-order valence-corrected chi connectivity index (χ0v) is 23.8. The molecule has 0 radical (unpaired) electrons. The lowest BCUT2D eigenvalue weighted by Crippen LogP contribution is -2.67. The lowest BCUT2D eigenvalue weighted by molar-refractivity contribution is -0.143. The number of hydrogen-bond acceptors (Lipinski definition) is 5. The van der Waals surface area contributed by atoms with E-state index in [-0.39, 0.29) is 5.97 Å². The Hall–Kier alpha value is -0.0425. The average molecular weight is 451 g/mol. The third kappa shape index (κ3) is 10.3. The maximum absolute atomic E-state index is 12.7. The number of hydrogen-bond donors (Lipinski definition) is 0. The van der Waals surface area contributed by atoms with E-state index in [2.05, 4.69) is 58.9 Å². The maximum atomic E-state index is 12.7. The van der Waals surface area contributed by atoms with Crippen LogP contribution in [0.15, 0.2) is 11.1 Å². The van der Waals surface area contributed by atoms with Crippen molar-refractivity contribution in [2.75, 3.05) is 0 Å². The molecule has 0 aliphatic carbocycles. The zero-order chi connectivity index (χ0) is 21.8. The van der Waals surface area contributed by atoms with Crippen LogP contribution < -0.4 is 0 Å². The first-order chi connectivity index (χ1) is 11.8. The number of allylic oxidation sites excluding steroid dienone is 1. The van der Waals surface area contributed by atoms with Gasteiger partial charge < -0.3 is 17.1 Å². The molecule has 0 aromatic heterocycles. The number of carbonyl (C=O) groups excluding carboxylic acids is 1. The molecule has 0 amide bonds. The van der Waals surface area contributed by atoms with Gasteiger partial charge in [0.2, 0.25) is 0 Å². The highest BCUT2D eigenvalue weighted by Crippen LogP contribution is 2.31. The van der Waals surface area contributed by atoms with Crippen molar-refractivity contribution in [3.63, 3.8) is 0 Å². The summed E-state index contributed by atoms with van der Waals surface area (Å²) in [5, 5.41) is 0. The smallest absolute Gasteiger partial charge is 0.455 e. The van der Waals surface area contributed by atoms with Crippen LogP contribution in [0.5, 0.6) is 0 Å². The van der Waals surface area contributed by atoms with Gasteiger partial charge in [-0.15, -0.1) is 0 Å². The molecule has 0 aliphatic rings. The summed E-state index contributed by atoms with van der Waals surface area (Å²) in [4.78, 5) is 12.7. The van der Waals surface area contributed by atoms with E-state index in [0.717, 1.165) is 5.57 Å². The maximum Gasteiger partial charge on any atom is 0.512 e. The van der Waals surface area contributed by atoms with Crippen LogP contribution in [0.2, 0.25) is 58.9 Å². The topological polar surface area (TPSA) is 54.0 Å². The van der Waals surface area contributed by atoms with Crippen LogP contribution in [0.4, 0.5) is 0 Å². The van der Waals surface area contributed by atoms with Crippen LogP contribution in [-0.4, -0.2) is 45.5 Å². The van der Waals surface area contributed by atoms with E-state index in [1.54, 1.807) is 6.92 Å². The Bertz CT molecular complexity index is 497. The third-order valence-corrected chi connectivity index (χ3v) is 15.5. The third-order valence-electron chi connectivity index (χ3n) is 3.42. The van der Waals surface area contributed by atoms with Gasteiger partial charge in [-0.3, -0.25) is 0 Å². The van der Waals surface area contributed by atoms with Crippen LogP contribution in [0.3, 0.4) is 0 Å². The lowest BCUT2D eigenvalue weighted by atomic mass is 10.2. The first-order valence-corrected chi connectivity index (χ1v) is 21.8. The summed E-state index contributed by atoms with van der Waals surface area (Å²) in [6.07, 6.45) is 0.605. The molecule has 1 atom stereocenters. The van der Waals surface area contributed by atoms with E-state index in [9.17, 15) is 4.79 Å². The summed E-state index contributed by atoms with van der Waals surface area (Å²) in [5.74, 6) is -0.309. The molecular formula is C18H42O5Si4. The quantitative estimate of drug-likeness (QED) is 0.243. The molecule has 0 rings (SSSR count). The molecule has 0 saturated carbocycles. The van der Waals surface area contributed by atoms with Crippen molar-refractivity contribution in [1.82, 2.24) is 0 Å². The van der Waals surface area contributed by atoms with Crippen molar-refractivity contribution in [1.29, 1.82) is 0 Å². The Morgan fingerprint density at radius 1 is 0.741 bits per heavy atom. The van der Waals surface area contributed by atoms with E-state index in [0.29, 0.717) is 12.0 Å². The molecule has 0 fully saturated rings. The summed E-state index contributed by atoms with van der Waals surface area (Å²) in [6, 6.07) is 0. The van der Waals surface area contributed by atoms with Crippen LogP contribution in [-0.2, 0) is 21.9 Å². The fraction of sp³-hybridized carbons (Fsp3) is 0.833. The molecule has 0 saturated heterocycles. The minimum absolute atomic E-state index is 0.309. The second-order valence-corrected chi connectivity index (χ2v) is 27.1. The fourth-order valence-corrected chi connectivity index (χ4v) is 16.6. The fourth-order valence-electron chi connectivity index (χ4n) is 2.37. The van der Waals surface area contributed by atoms with Gasteiger partial charge in [0.05, 0.1) is 0 Å². The standard InChI is InChI=1S/C18H42O5Si4/c1-14-17(20-18(19)16(4)15(2)3)27(21-24(5,6)7,22-25(8,9)10)23-26(11,12)13/h17H,14H2,1-13H3. The Labute approximate surface area is 171 Å². The van der Waals surface area contributed by atoms with Gasteiger partial charge in [0.25, 0.3) is 0 Å². The highest BCUT2D eigenvalue weighted by atomic mass is 28.5. The first kappa shape index (κ1) is 27.0. The van der Waals surface area contributed by atoms with E-state index in [4.69, 9.17) is 17.1 Å². The van der Waals surface area contributed by atoms with Gasteiger partial charge in [0, 0.05) is 5.57 Å². The molecule has 27 heavy (non-hydrogen) atoms. The second kappa shape index (κ2) is 9.64. The van der Waals surface area contributed by atoms with Crippen LogP contribution >= 0.6 is 0 Å². The molecule has 5 nitrogen and oxygen atoms in total. The Morgan fingerprint density at radius 3 is 1.30 bits per heavy atom. The molecule has 0 spiro atoms. The van der Waals surface area contributed by atoms with Crippen molar-refractivity contribution in [3.8, 4) is 0 Å². The van der Waals surface area contributed by atoms with Gasteiger partial charge in [0.15, 0.2) is 30.7 Å². The second-order valence-electron chi connectivity index (χ2n) is 10.2. The Kier molecular flexibility index (Phi) is 9.62. The Balaban J connectivity index is 6.27. The molecule has 1 unspecified atom stereocenters. The highest BCUT2D eigenvalue weighted by Gasteiger charge is 2.57. The number of esters is 1. The Morgan fingerprint density at radius 2 is 1.07 bits per heavy atom. The van der Waals surface area contributed by atoms with Crippen LogP contribution in [0.1, 0.15) is 34.1 Å². The largest absolute Gasteiger partial charge is 0.512 e. The molecular weight excluding hydrogens is 409 g/mol. The van der Waals surface area contributed by atoms with Gasteiger partial charge in [0.1, 0.15) is 0 Å². The summed E-state index contributed by atoms with van der Waals surface area (Å²) in [6.45, 7) is 26.8. The summed E-state index contributed by atoms with van der Waals surface area (Å²) >= 11 is 0. The van der Waals surface area contributed by atoms with Crippen LogP contribution in [0, 0.1) is 0 Å². The highest BCUT2D eigenvalue weighted by molar-refractivity contribution is 6.90. The van der Waals surface area contributed by atoms with Gasteiger partial charge >= 0.3 is 14.8 Å². The minimum Gasteiger partial charge on any atom is -0.455 e. The van der Waals surface area contributed by atoms with E-state index in [1.807, 2.05) is 20.8 Å². The van der Waals surface area contributed by atoms with E-state index in [1.165, 1.54) is 0 Å². The molecule has 0 heterocycles. The lowest BCUT2D eigenvalue weighted by Gasteiger charge is -2.45. The SMILES string of the molecule is CCC(OC(=O)C(C)=C(C)C)[Si](O[Si](C)(C)C)(O[Si](C)(C)C)O[Si](C)(C)C. The molecule has 0 aliphatic heterocycles. The molecule has 0 aromatic rings. The summed E-state index contributed by atoms with van der Waals surface area (Å²) < 4.78 is 26.0. The van der Waals surface area contributed by atoms with Gasteiger partial charge in [-0.2, -0.15) is 0 Å². The normalized spacial score (nSPS) is 14.7. The molecule has 0 N–H and O–H groups in total. The molecule has 0 bridgehead atoms. The van der Waals surface area contributed by atoms with Crippen molar-refractivity contribution in [2.24, 2.45) is 0 Å². The zero-order valence-electron chi connectivity index (χ0n) is 19.8. The van der Waals surface area contributed by atoms with E-state index >= 15 is 0 Å². The van der Waals surface area contributed by atoms with Gasteiger partial charge in [-0.1, -0.05) is 12.5 Å². The predicted molar refractivity (Wildman–Crippen MR) is 123 cm³/mol. The molecule has 9 heteroatoms. The molecule has 160 valence electrons. The van der Waals surface area contributed by atoms with Crippen molar-refractivity contribution in [3.05, 3.63) is 11.1 Å². The molecule has 0 aromatic carbocycles. The number of carbonyl (C=O) groups is 1. The summed E-state index contributed by atoms with van der Waals surface area (Å²) in [7, 11) is -9.31. The monoisotopic (exact) mass is 450 g/mol. The number of ether oxygens (including phenoxy) is 1. The van der Waals surface area contributed by atoms with Crippen molar-refractivity contribution >= 4 is 39.7 Å². The van der Waals surface area contributed by atoms with E-state index < -0.39 is 39.5 Å². The number of rotatable bonds is 10. The van der Waals surface area contributed by atoms with Crippen LogP contribution in [0.25, 0.3) is 0 Å². The predicted octanol–water partition coefficient (Wildman–Crippen LogP) is 5.70. The van der Waals surface area contributed by atoms with Gasteiger partial charge in [-0.05, 0) is 86.1 Å².